The van der Waals surface area contributed by atoms with E-state index >= 15 is 0 Å². The number of benzene rings is 2. The molecule has 118 valence electrons. The molecule has 1 unspecified atom stereocenters. The van der Waals surface area contributed by atoms with Crippen molar-refractivity contribution in [3.63, 3.8) is 0 Å². The molecule has 0 bridgehead atoms. The van der Waals surface area contributed by atoms with E-state index in [-0.39, 0.29) is 11.8 Å². The van der Waals surface area contributed by atoms with Gasteiger partial charge in [0.05, 0.1) is 11.8 Å². The number of unbranched alkanes of at least 4 members (excludes halogenated alkanes) is 1. The van der Waals surface area contributed by atoms with Gasteiger partial charge in [0.2, 0.25) is 0 Å². The van der Waals surface area contributed by atoms with Gasteiger partial charge in [0.25, 0.3) is 0 Å². The van der Waals surface area contributed by atoms with Crippen LogP contribution in [-0.4, -0.2) is 15.6 Å². The van der Waals surface area contributed by atoms with Crippen LogP contribution < -0.4 is 5.32 Å². The zero-order valence-electron chi connectivity index (χ0n) is 12.9. The molecule has 4 heteroatoms. The summed E-state index contributed by atoms with van der Waals surface area (Å²) >= 11 is 0. The summed E-state index contributed by atoms with van der Waals surface area (Å²) in [6.07, 6.45) is 2.79. The Kier molecular flexibility index (Phi) is 7.01. The maximum atomic E-state index is 9.74. The lowest BCUT2D eigenvalue weighted by Crippen LogP contribution is -2.32. The van der Waals surface area contributed by atoms with Crippen molar-refractivity contribution in [1.29, 1.82) is 0 Å². The average molecular weight is 317 g/mol. The summed E-state index contributed by atoms with van der Waals surface area (Å²) in [4.78, 5) is 19.5. The SMILES string of the molecule is CCCCC(NC(c1ccccc1)c1ccccc1)P(O)O. The predicted molar refractivity (Wildman–Crippen MR) is 92.5 cm³/mol. The Morgan fingerprint density at radius 2 is 1.41 bits per heavy atom. The Morgan fingerprint density at radius 3 is 1.82 bits per heavy atom. The number of nitrogens with one attached hydrogen (secondary N) is 1. The van der Waals surface area contributed by atoms with Crippen molar-refractivity contribution < 1.29 is 9.79 Å². The molecule has 0 radical (unpaired) electrons. The molecule has 0 amide bonds. The second-order valence-corrected chi connectivity index (χ2v) is 6.66. The quantitative estimate of drug-likeness (QED) is 0.640. The first kappa shape index (κ1) is 17.1. The third-order valence-corrected chi connectivity index (χ3v) is 4.70. The first-order valence-electron chi connectivity index (χ1n) is 7.75. The summed E-state index contributed by atoms with van der Waals surface area (Å²) < 4.78 is 0. The summed E-state index contributed by atoms with van der Waals surface area (Å²) in [5.74, 6) is -0.277. The van der Waals surface area contributed by atoms with Gasteiger partial charge in [0.1, 0.15) is 0 Å². The summed E-state index contributed by atoms with van der Waals surface area (Å²) in [5.41, 5.74) is 2.26. The van der Waals surface area contributed by atoms with Crippen molar-refractivity contribution in [1.82, 2.24) is 5.32 Å². The Bertz CT molecular complexity index is 494. The minimum Gasteiger partial charge on any atom is -0.349 e. The highest BCUT2D eigenvalue weighted by molar-refractivity contribution is 7.45. The molecule has 0 fully saturated rings. The molecule has 2 rings (SSSR count). The fourth-order valence-corrected chi connectivity index (χ4v) is 3.23. The van der Waals surface area contributed by atoms with Gasteiger partial charge in [0.15, 0.2) is 8.38 Å². The van der Waals surface area contributed by atoms with E-state index in [1.165, 1.54) is 0 Å². The summed E-state index contributed by atoms with van der Waals surface area (Å²) in [7, 11) is -2.00. The molecule has 0 heterocycles. The monoisotopic (exact) mass is 317 g/mol. The molecule has 3 N–H and O–H groups in total. The molecular formula is C18H24NO2P. The van der Waals surface area contributed by atoms with E-state index in [9.17, 15) is 9.79 Å². The molecular weight excluding hydrogens is 293 g/mol. The van der Waals surface area contributed by atoms with E-state index in [0.29, 0.717) is 0 Å². The lowest BCUT2D eigenvalue weighted by Gasteiger charge is -2.27. The molecule has 0 aliphatic heterocycles. The van der Waals surface area contributed by atoms with Crippen molar-refractivity contribution in [2.24, 2.45) is 0 Å². The number of rotatable bonds is 8. The average Bonchev–Trinajstić information content (AvgIpc) is 2.56. The van der Waals surface area contributed by atoms with Gasteiger partial charge in [0, 0.05) is 0 Å². The molecule has 0 saturated carbocycles. The molecule has 22 heavy (non-hydrogen) atoms. The smallest absolute Gasteiger partial charge is 0.183 e. The van der Waals surface area contributed by atoms with Gasteiger partial charge < -0.3 is 9.79 Å². The predicted octanol–water partition coefficient (Wildman–Crippen LogP) is 4.18. The van der Waals surface area contributed by atoms with Crippen molar-refractivity contribution in [2.75, 3.05) is 0 Å². The van der Waals surface area contributed by atoms with Crippen LogP contribution in [0.25, 0.3) is 0 Å². The van der Waals surface area contributed by atoms with Gasteiger partial charge in [-0.3, -0.25) is 5.32 Å². The minimum absolute atomic E-state index is 0.0337. The van der Waals surface area contributed by atoms with Crippen molar-refractivity contribution in [3.05, 3.63) is 71.8 Å². The van der Waals surface area contributed by atoms with E-state index in [0.717, 1.165) is 30.4 Å². The highest BCUT2D eigenvalue weighted by Crippen LogP contribution is 2.35. The first-order valence-corrected chi connectivity index (χ1v) is 9.07. The van der Waals surface area contributed by atoms with Gasteiger partial charge in [-0.15, -0.1) is 0 Å². The summed E-state index contributed by atoms with van der Waals surface area (Å²) in [6.45, 7) is 2.11. The molecule has 2 aromatic rings. The topological polar surface area (TPSA) is 52.5 Å². The second-order valence-electron chi connectivity index (χ2n) is 5.40. The number of hydrogen-bond donors (Lipinski definition) is 3. The molecule has 0 aliphatic rings. The minimum atomic E-state index is -2.00. The maximum Gasteiger partial charge on any atom is 0.183 e. The standard InChI is InChI=1S/C18H24NO2P/c1-2-3-14-17(22(20)21)19-18(15-10-6-4-7-11-15)16-12-8-5-9-13-16/h4-13,17-21H,2-3,14H2,1H3. The highest BCUT2D eigenvalue weighted by atomic mass is 31.2. The van der Waals surface area contributed by atoms with Crippen LogP contribution >= 0.6 is 8.38 Å². The van der Waals surface area contributed by atoms with Gasteiger partial charge >= 0.3 is 0 Å². The van der Waals surface area contributed by atoms with Crippen LogP contribution in [0.15, 0.2) is 60.7 Å². The zero-order chi connectivity index (χ0) is 15.8. The Morgan fingerprint density at radius 1 is 0.909 bits per heavy atom. The lowest BCUT2D eigenvalue weighted by molar-refractivity contribution is 0.419. The van der Waals surface area contributed by atoms with Crippen LogP contribution in [0.5, 0.6) is 0 Å². The third-order valence-electron chi connectivity index (χ3n) is 3.73. The second kappa shape index (κ2) is 9.02. The molecule has 0 aliphatic carbocycles. The van der Waals surface area contributed by atoms with Crippen molar-refractivity contribution in [2.45, 2.75) is 38.0 Å². The molecule has 0 saturated heterocycles. The largest absolute Gasteiger partial charge is 0.349 e. The van der Waals surface area contributed by atoms with Crippen LogP contribution in [0.3, 0.4) is 0 Å². The Hall–Kier alpha value is -1.25. The highest BCUT2D eigenvalue weighted by Gasteiger charge is 2.23. The third kappa shape index (κ3) is 4.89. The van der Waals surface area contributed by atoms with Crippen LogP contribution in [0.2, 0.25) is 0 Å². The van der Waals surface area contributed by atoms with Crippen LogP contribution in [0.1, 0.15) is 43.4 Å². The summed E-state index contributed by atoms with van der Waals surface area (Å²) in [6, 6.07) is 20.3. The van der Waals surface area contributed by atoms with Crippen molar-refractivity contribution >= 4 is 8.38 Å². The Labute approximate surface area is 133 Å². The van der Waals surface area contributed by atoms with Crippen LogP contribution in [0, 0.1) is 0 Å². The zero-order valence-corrected chi connectivity index (χ0v) is 13.8. The first-order chi connectivity index (χ1) is 10.7. The van der Waals surface area contributed by atoms with Gasteiger partial charge in [-0.1, -0.05) is 80.4 Å². The molecule has 0 spiro atoms. The van der Waals surface area contributed by atoms with Crippen molar-refractivity contribution in [3.8, 4) is 0 Å². The van der Waals surface area contributed by atoms with Gasteiger partial charge in [-0.05, 0) is 17.5 Å². The molecule has 3 nitrogen and oxygen atoms in total. The molecule has 1 atom stereocenters. The van der Waals surface area contributed by atoms with Crippen LogP contribution in [0.4, 0.5) is 0 Å². The Balaban J connectivity index is 2.24. The lowest BCUT2D eigenvalue weighted by atomic mass is 9.98. The van der Waals surface area contributed by atoms with E-state index in [1.54, 1.807) is 0 Å². The van der Waals surface area contributed by atoms with E-state index < -0.39 is 8.38 Å². The maximum absolute atomic E-state index is 9.74. The van der Waals surface area contributed by atoms with Gasteiger partial charge in [-0.2, -0.15) is 0 Å². The molecule has 0 aromatic heterocycles. The molecule has 2 aromatic carbocycles. The van der Waals surface area contributed by atoms with E-state index in [2.05, 4.69) is 36.5 Å². The fourth-order valence-electron chi connectivity index (χ4n) is 2.53. The van der Waals surface area contributed by atoms with Crippen LogP contribution in [-0.2, 0) is 0 Å². The van der Waals surface area contributed by atoms with E-state index in [4.69, 9.17) is 0 Å². The van der Waals surface area contributed by atoms with Gasteiger partial charge in [-0.25, -0.2) is 0 Å². The fraction of sp³-hybridized carbons (Fsp3) is 0.333. The number of hydrogen-bond acceptors (Lipinski definition) is 3. The normalized spacial score (nSPS) is 12.8. The summed E-state index contributed by atoms with van der Waals surface area (Å²) in [5, 5.41) is 3.45. The van der Waals surface area contributed by atoms with E-state index in [1.807, 2.05) is 36.4 Å².